The maximum absolute atomic E-state index is 12.9. The minimum Gasteiger partial charge on any atom is -0.391 e. The van der Waals surface area contributed by atoms with Crippen LogP contribution in [0, 0.1) is 0 Å². The molecular weight excluding hydrogens is 325 g/mol. The van der Waals surface area contributed by atoms with Gasteiger partial charge in [0.15, 0.2) is 0 Å². The van der Waals surface area contributed by atoms with Crippen molar-refractivity contribution in [3.8, 4) is 0 Å². The Hall–Kier alpha value is -0.820. The molecule has 2 rings (SSSR count). The number of nitrogens with one attached hydrogen (secondary N) is 1. The van der Waals surface area contributed by atoms with Crippen LogP contribution in [-0.4, -0.2) is 22.2 Å². The van der Waals surface area contributed by atoms with Crippen LogP contribution in [-0.2, 0) is 6.18 Å². The molecule has 1 aromatic heterocycles. The zero-order valence-corrected chi connectivity index (χ0v) is 11.6. The van der Waals surface area contributed by atoms with Crippen molar-refractivity contribution in [3.05, 3.63) is 22.3 Å². The predicted octanol–water partition coefficient (Wildman–Crippen LogP) is 3.58. The minimum atomic E-state index is -4.47. The Bertz CT molecular complexity index is 453. The van der Waals surface area contributed by atoms with Crippen LogP contribution >= 0.6 is 15.9 Å². The van der Waals surface area contributed by atoms with E-state index in [-0.39, 0.29) is 16.3 Å². The van der Waals surface area contributed by atoms with Crippen LogP contribution in [0.15, 0.2) is 16.7 Å². The van der Waals surface area contributed by atoms with Gasteiger partial charge in [0.25, 0.3) is 0 Å². The van der Waals surface area contributed by atoms with E-state index in [0.29, 0.717) is 12.8 Å². The molecule has 0 radical (unpaired) electrons. The van der Waals surface area contributed by atoms with Crippen LogP contribution in [0.1, 0.15) is 31.2 Å². The minimum absolute atomic E-state index is 0.221. The highest BCUT2D eigenvalue weighted by Gasteiger charge is 2.36. The van der Waals surface area contributed by atoms with Gasteiger partial charge in [-0.1, -0.05) is 12.8 Å². The quantitative estimate of drug-likeness (QED) is 0.866. The molecule has 0 saturated heterocycles. The number of pyridine rings is 1. The lowest BCUT2D eigenvalue weighted by Crippen LogP contribution is -2.37. The van der Waals surface area contributed by atoms with Crippen LogP contribution in [0.3, 0.4) is 0 Å². The summed E-state index contributed by atoms with van der Waals surface area (Å²) in [6.07, 6.45) is -0.733. The molecule has 106 valence electrons. The summed E-state index contributed by atoms with van der Waals surface area (Å²) < 4.78 is 39.0. The Morgan fingerprint density at radius 1 is 1.32 bits per heavy atom. The number of halogens is 4. The number of aliphatic hydroxyl groups excluding tert-OH is 1. The number of anilines is 1. The van der Waals surface area contributed by atoms with Crippen molar-refractivity contribution in [3.63, 3.8) is 0 Å². The van der Waals surface area contributed by atoms with E-state index in [4.69, 9.17) is 0 Å². The van der Waals surface area contributed by atoms with Gasteiger partial charge in [-0.15, -0.1) is 0 Å². The van der Waals surface area contributed by atoms with Crippen molar-refractivity contribution >= 4 is 21.7 Å². The van der Waals surface area contributed by atoms with Gasteiger partial charge in [-0.2, -0.15) is 13.2 Å². The molecule has 3 nitrogen and oxygen atoms in total. The number of alkyl halides is 3. The molecule has 1 aromatic rings. The van der Waals surface area contributed by atoms with Crippen molar-refractivity contribution in [1.82, 2.24) is 4.98 Å². The predicted molar refractivity (Wildman–Crippen MR) is 68.8 cm³/mol. The zero-order valence-electron chi connectivity index (χ0n) is 10.0. The van der Waals surface area contributed by atoms with Crippen LogP contribution in [0.5, 0.6) is 0 Å². The summed E-state index contributed by atoms with van der Waals surface area (Å²) in [6, 6.07) is 0.619. The highest BCUT2D eigenvalue weighted by Crippen LogP contribution is 2.36. The van der Waals surface area contributed by atoms with Gasteiger partial charge in [0.1, 0.15) is 5.82 Å². The Morgan fingerprint density at radius 3 is 2.63 bits per heavy atom. The Balaban J connectivity index is 2.24. The highest BCUT2D eigenvalue weighted by atomic mass is 79.9. The molecule has 0 aromatic carbocycles. The van der Waals surface area contributed by atoms with E-state index in [1.54, 1.807) is 0 Å². The van der Waals surface area contributed by atoms with Gasteiger partial charge in [-0.25, -0.2) is 4.98 Å². The molecule has 2 unspecified atom stereocenters. The van der Waals surface area contributed by atoms with Gasteiger partial charge >= 0.3 is 6.18 Å². The van der Waals surface area contributed by atoms with Crippen molar-refractivity contribution in [1.29, 1.82) is 0 Å². The number of nitrogens with zero attached hydrogens (tertiary/aromatic N) is 1. The monoisotopic (exact) mass is 338 g/mol. The van der Waals surface area contributed by atoms with Crippen molar-refractivity contribution in [2.45, 2.75) is 44.0 Å². The number of aliphatic hydroxyl groups is 1. The van der Waals surface area contributed by atoms with Gasteiger partial charge in [-0.3, -0.25) is 0 Å². The Labute approximate surface area is 117 Å². The molecule has 7 heteroatoms. The van der Waals surface area contributed by atoms with Crippen molar-refractivity contribution in [2.24, 2.45) is 0 Å². The summed E-state index contributed by atoms with van der Waals surface area (Å²) >= 11 is 2.99. The standard InChI is InChI=1S/C12H14BrF3N2O/c13-7-5-8(12(14,15)16)11(17-6-7)18-9-3-1-2-4-10(9)19/h5-6,9-10,19H,1-4H2,(H,17,18). The Kier molecular flexibility index (Phi) is 4.35. The fourth-order valence-corrected chi connectivity index (χ4v) is 2.56. The molecule has 0 spiro atoms. The molecule has 0 aliphatic heterocycles. The molecular formula is C12H14BrF3N2O. The Morgan fingerprint density at radius 2 is 2.00 bits per heavy atom. The van der Waals surface area contributed by atoms with E-state index in [1.807, 2.05) is 0 Å². The summed E-state index contributed by atoms with van der Waals surface area (Å²) in [4.78, 5) is 3.78. The molecule has 0 amide bonds. The second-order valence-electron chi connectivity index (χ2n) is 4.65. The molecule has 0 bridgehead atoms. The van der Waals surface area contributed by atoms with Crippen LogP contribution in [0.4, 0.5) is 19.0 Å². The third-order valence-electron chi connectivity index (χ3n) is 3.21. The maximum Gasteiger partial charge on any atom is 0.419 e. The second kappa shape index (κ2) is 5.66. The van der Waals surface area contributed by atoms with Gasteiger partial charge in [-0.05, 0) is 34.8 Å². The van der Waals surface area contributed by atoms with E-state index in [1.165, 1.54) is 6.20 Å². The summed E-state index contributed by atoms with van der Waals surface area (Å²) in [5.74, 6) is -0.221. The topological polar surface area (TPSA) is 45.1 Å². The van der Waals surface area contributed by atoms with E-state index in [9.17, 15) is 18.3 Å². The fraction of sp³-hybridized carbons (Fsp3) is 0.583. The maximum atomic E-state index is 12.9. The summed E-state index contributed by atoms with van der Waals surface area (Å²) in [5, 5.41) is 12.5. The lowest BCUT2D eigenvalue weighted by Gasteiger charge is -2.29. The molecule has 1 aliphatic rings. The third-order valence-corrected chi connectivity index (χ3v) is 3.64. The largest absolute Gasteiger partial charge is 0.419 e. The normalized spacial score (nSPS) is 24.3. The first-order valence-electron chi connectivity index (χ1n) is 6.05. The second-order valence-corrected chi connectivity index (χ2v) is 5.57. The molecule has 19 heavy (non-hydrogen) atoms. The van der Waals surface area contributed by atoms with E-state index in [0.717, 1.165) is 18.9 Å². The molecule has 2 atom stereocenters. The third kappa shape index (κ3) is 3.60. The van der Waals surface area contributed by atoms with Crippen molar-refractivity contribution in [2.75, 3.05) is 5.32 Å². The molecule has 2 N–H and O–H groups in total. The van der Waals surface area contributed by atoms with Gasteiger partial charge in [0.05, 0.1) is 17.7 Å². The van der Waals surface area contributed by atoms with Gasteiger partial charge in [0.2, 0.25) is 0 Å². The highest BCUT2D eigenvalue weighted by molar-refractivity contribution is 9.10. The lowest BCUT2D eigenvalue weighted by atomic mass is 9.92. The molecule has 1 fully saturated rings. The van der Waals surface area contributed by atoms with E-state index >= 15 is 0 Å². The molecule has 1 saturated carbocycles. The SMILES string of the molecule is OC1CCCCC1Nc1ncc(Br)cc1C(F)(F)F. The average molecular weight is 339 g/mol. The zero-order chi connectivity index (χ0) is 14.0. The van der Waals surface area contributed by atoms with E-state index < -0.39 is 17.8 Å². The van der Waals surface area contributed by atoms with Gasteiger partial charge in [0, 0.05) is 10.7 Å². The lowest BCUT2D eigenvalue weighted by molar-refractivity contribution is -0.137. The molecule has 1 aliphatic carbocycles. The molecule has 1 heterocycles. The summed E-state index contributed by atoms with van der Waals surface area (Å²) in [7, 11) is 0. The van der Waals surface area contributed by atoms with E-state index in [2.05, 4.69) is 26.2 Å². The van der Waals surface area contributed by atoms with Crippen LogP contribution in [0.25, 0.3) is 0 Å². The fourth-order valence-electron chi connectivity index (χ4n) is 2.23. The van der Waals surface area contributed by atoms with Crippen molar-refractivity contribution < 1.29 is 18.3 Å². The van der Waals surface area contributed by atoms with Crippen LogP contribution < -0.4 is 5.32 Å². The smallest absolute Gasteiger partial charge is 0.391 e. The number of hydrogen-bond donors (Lipinski definition) is 2. The summed E-state index contributed by atoms with van der Waals surface area (Å²) in [5.41, 5.74) is -0.820. The number of rotatable bonds is 2. The summed E-state index contributed by atoms with van der Waals surface area (Å²) in [6.45, 7) is 0. The first-order valence-corrected chi connectivity index (χ1v) is 6.84. The average Bonchev–Trinajstić information content (AvgIpc) is 2.33. The number of aromatic nitrogens is 1. The number of hydrogen-bond acceptors (Lipinski definition) is 3. The first-order chi connectivity index (χ1) is 8.88. The van der Waals surface area contributed by atoms with Crippen LogP contribution in [0.2, 0.25) is 0 Å². The first kappa shape index (κ1) is 14.6. The van der Waals surface area contributed by atoms with Gasteiger partial charge < -0.3 is 10.4 Å².